The van der Waals surface area contributed by atoms with Crippen molar-refractivity contribution < 1.29 is 33.2 Å². The van der Waals surface area contributed by atoms with Gasteiger partial charge in [0.1, 0.15) is 24.0 Å². The first-order chi connectivity index (χ1) is 16.5. The molecule has 2 aromatic rings. The summed E-state index contributed by atoms with van der Waals surface area (Å²) in [5, 5.41) is 0. The molecule has 0 aliphatic carbocycles. The van der Waals surface area contributed by atoms with Gasteiger partial charge in [0.2, 0.25) is 5.78 Å². The minimum atomic E-state index is -0.164. The zero-order chi connectivity index (χ0) is 23.8. The predicted molar refractivity (Wildman–Crippen MR) is 125 cm³/mol. The number of carbonyl (C=O) groups is 1. The van der Waals surface area contributed by atoms with Gasteiger partial charge in [0.05, 0.1) is 38.6 Å². The Morgan fingerprint density at radius 2 is 1.85 bits per heavy atom. The molecule has 1 atom stereocenters. The van der Waals surface area contributed by atoms with Crippen LogP contribution in [0.2, 0.25) is 0 Å². The van der Waals surface area contributed by atoms with Crippen molar-refractivity contribution in [2.24, 2.45) is 0 Å². The molecule has 3 heterocycles. The van der Waals surface area contributed by atoms with E-state index in [1.165, 1.54) is 0 Å². The second-order valence-electron chi connectivity index (χ2n) is 8.68. The van der Waals surface area contributed by atoms with Gasteiger partial charge in [-0.05, 0) is 43.5 Å². The van der Waals surface area contributed by atoms with Crippen molar-refractivity contribution in [2.45, 2.75) is 32.4 Å². The molecule has 5 rings (SSSR count). The summed E-state index contributed by atoms with van der Waals surface area (Å²) in [5.74, 6) is 3.01. The van der Waals surface area contributed by atoms with Crippen LogP contribution in [-0.2, 0) is 11.3 Å². The summed E-state index contributed by atoms with van der Waals surface area (Å²) in [6.45, 7) is 4.64. The predicted octanol–water partition coefficient (Wildman–Crippen LogP) is 3.97. The van der Waals surface area contributed by atoms with Crippen LogP contribution in [0.3, 0.4) is 0 Å². The van der Waals surface area contributed by atoms with Crippen molar-refractivity contribution in [3.8, 4) is 28.7 Å². The summed E-state index contributed by atoms with van der Waals surface area (Å²) in [7, 11) is 4.69. The van der Waals surface area contributed by atoms with Crippen LogP contribution in [0.1, 0.15) is 39.9 Å². The monoisotopic (exact) mass is 467 g/mol. The zero-order valence-electron chi connectivity index (χ0n) is 19.9. The molecule has 34 heavy (non-hydrogen) atoms. The van der Waals surface area contributed by atoms with Crippen LogP contribution in [0.5, 0.6) is 28.7 Å². The lowest BCUT2D eigenvalue weighted by atomic mass is 9.98. The number of nitrogens with zero attached hydrogens (tertiary/aromatic N) is 1. The molecule has 0 bridgehead atoms. The van der Waals surface area contributed by atoms with Crippen molar-refractivity contribution in [1.29, 1.82) is 0 Å². The first-order valence-corrected chi connectivity index (χ1v) is 11.4. The highest BCUT2D eigenvalue weighted by molar-refractivity contribution is 6.16. The molecule has 3 aliphatic rings. The Hall–Kier alpha value is -3.23. The summed E-state index contributed by atoms with van der Waals surface area (Å²) in [5.41, 5.74) is 2.95. The highest BCUT2D eigenvalue weighted by Crippen LogP contribution is 2.45. The Morgan fingerprint density at radius 3 is 2.56 bits per heavy atom. The summed E-state index contributed by atoms with van der Waals surface area (Å²) < 4.78 is 34.3. The molecule has 0 saturated carbocycles. The van der Waals surface area contributed by atoms with Gasteiger partial charge in [-0.2, -0.15) is 0 Å². The number of hydrogen-bond donors (Lipinski definition) is 0. The minimum Gasteiger partial charge on any atom is -0.496 e. The van der Waals surface area contributed by atoms with Crippen molar-refractivity contribution in [2.75, 3.05) is 41.2 Å². The number of carbonyl (C=O) groups excluding carboxylic acids is 1. The third-order valence-corrected chi connectivity index (χ3v) is 6.50. The lowest BCUT2D eigenvalue weighted by Crippen LogP contribution is -2.37. The van der Waals surface area contributed by atoms with Gasteiger partial charge in [0.25, 0.3) is 0 Å². The normalized spacial score (nSPS) is 20.5. The number of rotatable bonds is 6. The topological polar surface area (TPSA) is 75.7 Å². The van der Waals surface area contributed by atoms with E-state index >= 15 is 0 Å². The fraction of sp³-hybridized carbons (Fsp3) is 0.423. The van der Waals surface area contributed by atoms with Gasteiger partial charge < -0.3 is 28.4 Å². The lowest BCUT2D eigenvalue weighted by molar-refractivity contribution is 0.0273. The van der Waals surface area contributed by atoms with E-state index in [4.69, 9.17) is 28.4 Å². The van der Waals surface area contributed by atoms with E-state index in [1.807, 2.05) is 13.0 Å². The Morgan fingerprint density at radius 1 is 1.09 bits per heavy atom. The number of ketones is 1. The molecule has 180 valence electrons. The summed E-state index contributed by atoms with van der Waals surface area (Å²) in [6, 6.07) is 5.42. The van der Waals surface area contributed by atoms with Crippen LogP contribution in [0.4, 0.5) is 0 Å². The summed E-state index contributed by atoms with van der Waals surface area (Å²) in [6.07, 6.45) is 4.06. The molecule has 0 spiro atoms. The van der Waals surface area contributed by atoms with Gasteiger partial charge in [-0.15, -0.1) is 0 Å². The van der Waals surface area contributed by atoms with Crippen LogP contribution >= 0.6 is 0 Å². The van der Waals surface area contributed by atoms with E-state index in [0.29, 0.717) is 47.4 Å². The smallest absolute Gasteiger partial charge is 0.232 e. The fourth-order valence-corrected chi connectivity index (χ4v) is 4.78. The third kappa shape index (κ3) is 3.97. The van der Waals surface area contributed by atoms with Crippen LogP contribution in [0.25, 0.3) is 6.08 Å². The third-order valence-electron chi connectivity index (χ3n) is 6.50. The molecule has 0 radical (unpaired) electrons. The van der Waals surface area contributed by atoms with E-state index in [0.717, 1.165) is 42.9 Å². The number of hydrogen-bond acceptors (Lipinski definition) is 8. The van der Waals surface area contributed by atoms with Crippen LogP contribution < -0.4 is 23.7 Å². The maximum Gasteiger partial charge on any atom is 0.232 e. The number of fused-ring (bicyclic) bond motifs is 3. The van der Waals surface area contributed by atoms with Gasteiger partial charge in [-0.25, -0.2) is 0 Å². The largest absolute Gasteiger partial charge is 0.496 e. The number of ether oxygens (including phenoxy) is 6. The van der Waals surface area contributed by atoms with Crippen LogP contribution in [0.15, 0.2) is 24.0 Å². The van der Waals surface area contributed by atoms with Gasteiger partial charge in [0, 0.05) is 31.3 Å². The maximum absolute atomic E-state index is 13.4. The van der Waals surface area contributed by atoms with Crippen molar-refractivity contribution in [1.82, 2.24) is 4.90 Å². The van der Waals surface area contributed by atoms with Crippen LogP contribution in [0, 0.1) is 6.92 Å². The Kier molecular flexibility index (Phi) is 6.10. The van der Waals surface area contributed by atoms with E-state index in [1.54, 1.807) is 39.5 Å². The molecule has 0 N–H and O–H groups in total. The second-order valence-corrected chi connectivity index (χ2v) is 8.68. The van der Waals surface area contributed by atoms with Crippen molar-refractivity contribution >= 4 is 11.9 Å². The molecule has 1 saturated heterocycles. The number of Topliss-reactive ketones (excluding diaryl/α,β-unsaturated/α-hetero) is 1. The SMILES string of the molecule is COc1cc(OC)c(OC)cc1/C=C1\Oc2c3c(cc(C)c2C1=O)OCN(CC1CCCO1)C3. The van der Waals surface area contributed by atoms with E-state index in [9.17, 15) is 4.79 Å². The molecule has 3 aliphatic heterocycles. The van der Waals surface area contributed by atoms with Crippen LogP contribution in [-0.4, -0.2) is 58.0 Å². The van der Waals surface area contributed by atoms with Crippen molar-refractivity contribution in [3.05, 3.63) is 46.2 Å². The number of methoxy groups -OCH3 is 3. The van der Waals surface area contributed by atoms with E-state index in [2.05, 4.69) is 4.90 Å². The average molecular weight is 468 g/mol. The summed E-state index contributed by atoms with van der Waals surface area (Å²) >= 11 is 0. The Labute approximate surface area is 198 Å². The quantitative estimate of drug-likeness (QED) is 0.591. The van der Waals surface area contributed by atoms with Gasteiger partial charge >= 0.3 is 0 Å². The first kappa shape index (κ1) is 22.6. The minimum absolute atomic E-state index is 0.164. The van der Waals surface area contributed by atoms with Gasteiger partial charge in [-0.3, -0.25) is 9.69 Å². The number of aryl methyl sites for hydroxylation is 1. The highest BCUT2D eigenvalue weighted by atomic mass is 16.5. The van der Waals surface area contributed by atoms with Crippen molar-refractivity contribution in [3.63, 3.8) is 0 Å². The van der Waals surface area contributed by atoms with Gasteiger partial charge in [-0.1, -0.05) is 0 Å². The second kappa shape index (κ2) is 9.19. The highest BCUT2D eigenvalue weighted by Gasteiger charge is 2.36. The van der Waals surface area contributed by atoms with Gasteiger partial charge in [0.15, 0.2) is 17.3 Å². The molecule has 0 amide bonds. The molecule has 8 heteroatoms. The molecular formula is C26H29NO7. The molecule has 0 aromatic heterocycles. The van der Waals surface area contributed by atoms with E-state index in [-0.39, 0.29) is 17.6 Å². The molecule has 1 fully saturated rings. The fourth-order valence-electron chi connectivity index (χ4n) is 4.78. The Bertz CT molecular complexity index is 1150. The standard InChI is InChI=1S/C26H29NO7/c1-15-8-20-18(13-27(14-33-20)12-17-6-5-7-32-17)26-24(15)25(28)23(34-26)10-16-9-21(30-3)22(31-4)11-19(16)29-2/h8-11,17H,5-7,12-14H2,1-4H3/b23-10-. The maximum atomic E-state index is 13.4. The number of allylic oxidation sites excluding steroid dienone is 1. The summed E-state index contributed by atoms with van der Waals surface area (Å²) in [4.78, 5) is 15.6. The first-order valence-electron chi connectivity index (χ1n) is 11.4. The number of benzene rings is 2. The molecule has 2 aromatic carbocycles. The Balaban J connectivity index is 1.48. The molecule has 1 unspecified atom stereocenters. The molecular weight excluding hydrogens is 438 g/mol. The average Bonchev–Trinajstić information content (AvgIpc) is 3.47. The van der Waals surface area contributed by atoms with E-state index < -0.39 is 0 Å². The molecule has 8 nitrogen and oxygen atoms in total. The zero-order valence-corrected chi connectivity index (χ0v) is 19.9. The lowest BCUT2D eigenvalue weighted by Gasteiger charge is -2.31.